The zero-order valence-electron chi connectivity index (χ0n) is 21.2. The summed E-state index contributed by atoms with van der Waals surface area (Å²) in [6.45, 7) is 7.52. The lowest BCUT2D eigenvalue weighted by atomic mass is 10.00. The zero-order valence-corrected chi connectivity index (χ0v) is 21.2. The Morgan fingerprint density at radius 3 is 2.70 bits per heavy atom. The fourth-order valence-electron chi connectivity index (χ4n) is 6.08. The Kier molecular flexibility index (Phi) is 6.84. The highest BCUT2D eigenvalue weighted by Gasteiger charge is 2.41. The van der Waals surface area contributed by atoms with Gasteiger partial charge in [-0.2, -0.15) is 0 Å². The van der Waals surface area contributed by atoms with Gasteiger partial charge in [0.15, 0.2) is 5.82 Å². The third-order valence-corrected chi connectivity index (χ3v) is 7.96. The summed E-state index contributed by atoms with van der Waals surface area (Å²) in [5, 5.41) is 22.3. The topological polar surface area (TPSA) is 116 Å². The summed E-state index contributed by atoms with van der Waals surface area (Å²) in [6.07, 6.45) is 9.47. The molecule has 5 heterocycles. The van der Waals surface area contributed by atoms with Crippen LogP contribution in [0.15, 0.2) is 42.3 Å². The van der Waals surface area contributed by atoms with Crippen molar-refractivity contribution in [3.63, 3.8) is 0 Å². The molecule has 0 amide bonds. The van der Waals surface area contributed by atoms with E-state index in [1.807, 2.05) is 18.3 Å². The molecule has 196 valence electrons. The second-order valence-corrected chi connectivity index (χ2v) is 10.3. The van der Waals surface area contributed by atoms with Crippen molar-refractivity contribution in [3.05, 3.63) is 48.0 Å². The van der Waals surface area contributed by atoms with E-state index in [2.05, 4.69) is 47.3 Å². The molecule has 10 nitrogen and oxygen atoms in total. The number of pyridine rings is 1. The van der Waals surface area contributed by atoms with Crippen molar-refractivity contribution in [1.82, 2.24) is 25.4 Å². The highest BCUT2D eigenvalue weighted by molar-refractivity contribution is 5.74. The number of allylic oxidation sites excluding steroid dienone is 3. The van der Waals surface area contributed by atoms with Crippen LogP contribution in [0.2, 0.25) is 0 Å². The van der Waals surface area contributed by atoms with Crippen molar-refractivity contribution in [2.45, 2.75) is 37.8 Å². The first-order valence-electron chi connectivity index (χ1n) is 13.4. The third kappa shape index (κ3) is 5.08. The van der Waals surface area contributed by atoms with Gasteiger partial charge in [0.25, 0.3) is 0 Å². The summed E-state index contributed by atoms with van der Waals surface area (Å²) in [5.41, 5.74) is 9.92. The van der Waals surface area contributed by atoms with Gasteiger partial charge in [0.1, 0.15) is 12.4 Å². The van der Waals surface area contributed by atoms with Crippen molar-refractivity contribution in [2.75, 3.05) is 68.0 Å². The molecule has 3 fully saturated rings. The molecule has 3 saturated heterocycles. The number of nitrogens with two attached hydrogens (primary N) is 1. The summed E-state index contributed by atoms with van der Waals surface area (Å²) in [7, 11) is 0. The molecule has 4 aliphatic rings. The van der Waals surface area contributed by atoms with E-state index < -0.39 is 0 Å². The number of ether oxygens (including phenoxy) is 1. The van der Waals surface area contributed by atoms with Crippen LogP contribution in [0.5, 0.6) is 5.88 Å². The van der Waals surface area contributed by atoms with Gasteiger partial charge in [-0.1, -0.05) is 6.08 Å². The number of rotatable bonds is 7. The normalized spacial score (nSPS) is 24.1. The molecule has 37 heavy (non-hydrogen) atoms. The second kappa shape index (κ2) is 10.5. The van der Waals surface area contributed by atoms with E-state index in [-0.39, 0.29) is 5.76 Å². The predicted octanol–water partition coefficient (Wildman–Crippen LogP) is 2.21. The number of nitrogens with zero attached hydrogens (tertiary/aromatic N) is 6. The minimum Gasteiger partial charge on any atom is -0.508 e. The van der Waals surface area contributed by atoms with E-state index in [9.17, 15) is 5.11 Å². The first-order chi connectivity index (χ1) is 18.2. The van der Waals surface area contributed by atoms with Crippen molar-refractivity contribution < 1.29 is 9.84 Å². The summed E-state index contributed by atoms with van der Waals surface area (Å²) < 4.78 is 6.05. The minimum absolute atomic E-state index is 0.268. The molecule has 2 unspecified atom stereocenters. The smallest absolute Gasteiger partial charge is 0.215 e. The molecule has 0 aromatic carbocycles. The van der Waals surface area contributed by atoms with Gasteiger partial charge in [-0.25, -0.2) is 4.98 Å². The number of piperazine rings is 2. The first kappa shape index (κ1) is 24.0. The molecule has 6 rings (SSSR count). The molecular formula is C27H36N8O2. The van der Waals surface area contributed by atoms with Crippen molar-refractivity contribution in [3.8, 4) is 5.88 Å². The van der Waals surface area contributed by atoms with E-state index in [1.165, 1.54) is 5.69 Å². The second-order valence-electron chi connectivity index (χ2n) is 10.3. The SMILES string of the molecule is Nc1nnc(C2=C(O)C=CCC2)cc1N1CC2CCC(C1)N2c1ccnc(OCCN2CCNCC2)c1. The zero-order chi connectivity index (χ0) is 25.2. The van der Waals surface area contributed by atoms with Gasteiger partial charge in [-0.05, 0) is 43.9 Å². The lowest BCUT2D eigenvalue weighted by Gasteiger charge is -2.43. The highest BCUT2D eigenvalue weighted by atomic mass is 16.5. The van der Waals surface area contributed by atoms with Crippen molar-refractivity contribution in [1.29, 1.82) is 0 Å². The lowest BCUT2D eigenvalue weighted by Crippen LogP contribution is -2.54. The Balaban J connectivity index is 1.14. The van der Waals surface area contributed by atoms with E-state index in [1.54, 1.807) is 6.08 Å². The van der Waals surface area contributed by atoms with Gasteiger partial charge in [0.05, 0.1) is 11.4 Å². The largest absolute Gasteiger partial charge is 0.508 e. The van der Waals surface area contributed by atoms with Crippen LogP contribution in [-0.4, -0.2) is 89.7 Å². The maximum atomic E-state index is 10.3. The van der Waals surface area contributed by atoms with Crippen LogP contribution in [0.1, 0.15) is 31.4 Å². The fraction of sp³-hybridized carbons (Fsp3) is 0.519. The van der Waals surface area contributed by atoms with Crippen LogP contribution in [0.3, 0.4) is 0 Å². The average Bonchev–Trinajstić information content (AvgIpc) is 3.19. The molecule has 1 aliphatic carbocycles. The maximum absolute atomic E-state index is 10.3. The van der Waals surface area contributed by atoms with Crippen LogP contribution in [0.25, 0.3) is 5.57 Å². The quantitative estimate of drug-likeness (QED) is 0.518. The fourth-order valence-corrected chi connectivity index (χ4v) is 6.08. The molecule has 2 aromatic rings. The van der Waals surface area contributed by atoms with E-state index in [0.717, 1.165) is 82.8 Å². The predicted molar refractivity (Wildman–Crippen MR) is 145 cm³/mol. The molecule has 4 N–H and O–H groups in total. The molecule has 0 saturated carbocycles. The Morgan fingerprint density at radius 2 is 1.92 bits per heavy atom. The highest BCUT2D eigenvalue weighted by Crippen LogP contribution is 2.39. The number of hydrogen-bond donors (Lipinski definition) is 3. The number of nitrogens with one attached hydrogen (secondary N) is 1. The van der Waals surface area contributed by atoms with Crippen LogP contribution >= 0.6 is 0 Å². The van der Waals surface area contributed by atoms with Gasteiger partial charge < -0.3 is 30.7 Å². The average molecular weight is 505 g/mol. The summed E-state index contributed by atoms with van der Waals surface area (Å²) in [4.78, 5) is 11.8. The maximum Gasteiger partial charge on any atom is 0.215 e. The van der Waals surface area contributed by atoms with Crippen molar-refractivity contribution >= 4 is 22.8 Å². The van der Waals surface area contributed by atoms with E-state index in [4.69, 9.17) is 10.5 Å². The number of nitrogen functional groups attached to an aromatic ring is 1. The summed E-state index contributed by atoms with van der Waals surface area (Å²) in [6, 6.07) is 6.92. The Hall–Kier alpha value is -3.37. The Bertz CT molecular complexity index is 1160. The van der Waals surface area contributed by atoms with Gasteiger partial charge in [-0.3, -0.25) is 4.90 Å². The van der Waals surface area contributed by atoms with E-state index >= 15 is 0 Å². The lowest BCUT2D eigenvalue weighted by molar-refractivity contribution is 0.188. The third-order valence-electron chi connectivity index (χ3n) is 7.96. The number of aliphatic hydroxyl groups is 1. The van der Waals surface area contributed by atoms with Gasteiger partial charge >= 0.3 is 0 Å². The molecule has 2 atom stereocenters. The standard InChI is InChI=1S/C27H36N8O2/c28-27-24(16-23(31-32-27)22-3-1-2-4-25(22)36)34-17-20-5-6-21(18-34)35(20)19-7-8-30-26(15-19)37-14-13-33-11-9-29-10-12-33/h2,4,7-8,15-16,20-21,29,36H,1,3,5-6,9-14,17-18H2,(H2,28,32). The number of anilines is 3. The summed E-state index contributed by atoms with van der Waals surface area (Å²) >= 11 is 0. The van der Waals surface area contributed by atoms with Gasteiger partial charge in [0, 0.05) is 81.4 Å². The monoisotopic (exact) mass is 504 g/mol. The summed E-state index contributed by atoms with van der Waals surface area (Å²) in [5.74, 6) is 1.40. The molecule has 0 spiro atoms. The van der Waals surface area contributed by atoms with Crippen molar-refractivity contribution in [2.24, 2.45) is 0 Å². The molecule has 0 radical (unpaired) electrons. The van der Waals surface area contributed by atoms with Crippen LogP contribution in [0, 0.1) is 0 Å². The van der Waals surface area contributed by atoms with E-state index in [0.29, 0.717) is 36.1 Å². The number of hydrogen-bond acceptors (Lipinski definition) is 10. The minimum atomic E-state index is 0.268. The van der Waals surface area contributed by atoms with Crippen LogP contribution < -0.4 is 25.6 Å². The number of aromatic nitrogens is 3. The van der Waals surface area contributed by atoms with Gasteiger partial charge in [0.2, 0.25) is 5.88 Å². The molecule has 2 aromatic heterocycles. The van der Waals surface area contributed by atoms with Crippen LogP contribution in [0.4, 0.5) is 17.2 Å². The Morgan fingerprint density at radius 1 is 1.11 bits per heavy atom. The first-order valence-corrected chi connectivity index (χ1v) is 13.4. The molecule has 2 bridgehead atoms. The number of aliphatic hydroxyl groups excluding tert-OH is 1. The van der Waals surface area contributed by atoms with Gasteiger partial charge in [-0.15, -0.1) is 10.2 Å². The molecule has 3 aliphatic heterocycles. The molecular weight excluding hydrogens is 468 g/mol. The Labute approximate surface area is 217 Å². The number of fused-ring (bicyclic) bond motifs is 2. The van der Waals surface area contributed by atoms with Crippen LogP contribution in [-0.2, 0) is 0 Å². The molecule has 10 heteroatoms.